The Bertz CT molecular complexity index is 773. The molecule has 1 aliphatic heterocycles. The van der Waals surface area contributed by atoms with Gasteiger partial charge >= 0.3 is 6.03 Å². The lowest BCUT2D eigenvalue weighted by molar-refractivity contribution is 0.194. The number of nitrogens with zero attached hydrogens (tertiary/aromatic N) is 5. The Balaban J connectivity index is 1.47. The van der Waals surface area contributed by atoms with Gasteiger partial charge in [0.1, 0.15) is 0 Å². The van der Waals surface area contributed by atoms with Gasteiger partial charge in [-0.15, -0.1) is 11.3 Å². The average Bonchev–Trinajstić information content (AvgIpc) is 3.07. The number of aromatic nitrogens is 3. The van der Waals surface area contributed by atoms with Crippen molar-refractivity contribution in [2.75, 3.05) is 44.2 Å². The Morgan fingerprint density at radius 3 is 2.70 bits per heavy atom. The molecule has 0 saturated carbocycles. The van der Waals surface area contributed by atoms with E-state index in [1.807, 2.05) is 37.9 Å². The molecule has 9 heteroatoms. The number of carbonyl (C=O) groups excluding carboxylic acids is 1. The van der Waals surface area contributed by atoms with Crippen LogP contribution in [0.5, 0.6) is 5.88 Å². The number of hydrogen-bond acceptors (Lipinski definition) is 7. The van der Waals surface area contributed by atoms with Crippen LogP contribution in [0.3, 0.4) is 0 Å². The van der Waals surface area contributed by atoms with Gasteiger partial charge in [0, 0.05) is 62.0 Å². The standard InChI is InChI=1S/C18H26N6O2S/c1-4-26-15-11-13(2)21-17(22-15)23-7-9-24(10-8-23)18(25)19-6-5-16-20-12-14(3)27-16/h11-12H,4-10H2,1-3H3,(H,19,25). The molecule has 8 nitrogen and oxygen atoms in total. The summed E-state index contributed by atoms with van der Waals surface area (Å²) in [5.74, 6) is 1.26. The highest BCUT2D eigenvalue weighted by molar-refractivity contribution is 7.11. The lowest BCUT2D eigenvalue weighted by Crippen LogP contribution is -2.52. The Labute approximate surface area is 163 Å². The quantitative estimate of drug-likeness (QED) is 0.812. The van der Waals surface area contributed by atoms with Gasteiger partial charge in [0.15, 0.2) is 0 Å². The van der Waals surface area contributed by atoms with Crippen molar-refractivity contribution in [3.8, 4) is 5.88 Å². The van der Waals surface area contributed by atoms with Gasteiger partial charge in [-0.1, -0.05) is 0 Å². The minimum atomic E-state index is -0.0249. The Morgan fingerprint density at radius 2 is 2.04 bits per heavy atom. The summed E-state index contributed by atoms with van der Waals surface area (Å²) in [7, 11) is 0. The molecule has 3 heterocycles. The largest absolute Gasteiger partial charge is 0.478 e. The zero-order chi connectivity index (χ0) is 19.2. The molecule has 0 atom stereocenters. The van der Waals surface area contributed by atoms with Crippen molar-refractivity contribution in [2.45, 2.75) is 27.2 Å². The van der Waals surface area contributed by atoms with Crippen LogP contribution >= 0.6 is 11.3 Å². The Kier molecular flexibility index (Phi) is 6.44. The van der Waals surface area contributed by atoms with Crippen molar-refractivity contribution in [1.29, 1.82) is 0 Å². The van der Waals surface area contributed by atoms with E-state index in [2.05, 4.69) is 25.2 Å². The van der Waals surface area contributed by atoms with Crippen molar-refractivity contribution in [2.24, 2.45) is 0 Å². The van der Waals surface area contributed by atoms with Crippen LogP contribution < -0.4 is 15.0 Å². The molecule has 3 rings (SSSR count). The summed E-state index contributed by atoms with van der Waals surface area (Å²) in [6, 6.07) is 1.81. The number of hydrogen-bond donors (Lipinski definition) is 1. The number of nitrogens with one attached hydrogen (secondary N) is 1. The first-order valence-corrected chi connectivity index (χ1v) is 10.0. The van der Waals surface area contributed by atoms with Gasteiger partial charge in [-0.3, -0.25) is 0 Å². The molecule has 0 spiro atoms. The summed E-state index contributed by atoms with van der Waals surface area (Å²) >= 11 is 1.67. The molecule has 0 bridgehead atoms. The van der Waals surface area contributed by atoms with E-state index in [4.69, 9.17) is 4.74 Å². The number of carbonyl (C=O) groups is 1. The van der Waals surface area contributed by atoms with E-state index in [1.165, 1.54) is 4.88 Å². The number of piperazine rings is 1. The number of urea groups is 1. The second-order valence-electron chi connectivity index (χ2n) is 6.40. The smallest absolute Gasteiger partial charge is 0.317 e. The predicted octanol–water partition coefficient (Wildman–Crippen LogP) is 2.02. The first-order valence-electron chi connectivity index (χ1n) is 9.22. The summed E-state index contributed by atoms with van der Waals surface area (Å²) in [6.07, 6.45) is 2.63. The molecule has 27 heavy (non-hydrogen) atoms. The molecule has 1 N–H and O–H groups in total. The highest BCUT2D eigenvalue weighted by Crippen LogP contribution is 2.17. The molecule has 2 aromatic rings. The average molecular weight is 391 g/mol. The van der Waals surface area contributed by atoms with Gasteiger partial charge in [0.05, 0.1) is 11.6 Å². The highest BCUT2D eigenvalue weighted by Gasteiger charge is 2.23. The van der Waals surface area contributed by atoms with Crippen LogP contribution in [0, 0.1) is 13.8 Å². The minimum absolute atomic E-state index is 0.0249. The first kappa shape index (κ1) is 19.3. The molecule has 1 saturated heterocycles. The summed E-state index contributed by atoms with van der Waals surface area (Å²) in [5.41, 5.74) is 0.876. The third-order valence-corrected chi connectivity index (χ3v) is 5.22. The van der Waals surface area contributed by atoms with Crippen molar-refractivity contribution >= 4 is 23.3 Å². The zero-order valence-electron chi connectivity index (χ0n) is 16.1. The summed E-state index contributed by atoms with van der Waals surface area (Å²) in [4.78, 5) is 30.8. The maximum absolute atomic E-state index is 12.4. The van der Waals surface area contributed by atoms with E-state index < -0.39 is 0 Å². The molecule has 0 aliphatic carbocycles. The highest BCUT2D eigenvalue weighted by atomic mass is 32.1. The van der Waals surface area contributed by atoms with Gasteiger partial charge < -0.3 is 19.9 Å². The van der Waals surface area contributed by atoms with Gasteiger partial charge in [0.2, 0.25) is 11.8 Å². The fourth-order valence-electron chi connectivity index (χ4n) is 2.90. The topological polar surface area (TPSA) is 83.5 Å². The molecule has 1 aliphatic rings. The number of thiazole rings is 1. The lowest BCUT2D eigenvalue weighted by Gasteiger charge is -2.34. The molecular formula is C18H26N6O2S. The predicted molar refractivity (Wildman–Crippen MR) is 106 cm³/mol. The van der Waals surface area contributed by atoms with E-state index in [-0.39, 0.29) is 6.03 Å². The number of ether oxygens (including phenoxy) is 1. The van der Waals surface area contributed by atoms with Crippen LogP contribution in [-0.2, 0) is 6.42 Å². The SMILES string of the molecule is CCOc1cc(C)nc(N2CCN(C(=O)NCCc3ncc(C)s3)CC2)n1. The second-order valence-corrected chi connectivity index (χ2v) is 7.72. The van der Waals surface area contributed by atoms with Gasteiger partial charge in [-0.2, -0.15) is 4.98 Å². The molecule has 2 aromatic heterocycles. The van der Waals surface area contributed by atoms with Crippen molar-refractivity contribution in [3.05, 3.63) is 27.8 Å². The molecule has 0 aromatic carbocycles. The van der Waals surface area contributed by atoms with Crippen molar-refractivity contribution < 1.29 is 9.53 Å². The van der Waals surface area contributed by atoms with E-state index >= 15 is 0 Å². The second kappa shape index (κ2) is 8.98. The van der Waals surface area contributed by atoms with Gasteiger partial charge in [0.25, 0.3) is 0 Å². The number of anilines is 1. The van der Waals surface area contributed by atoms with Crippen LogP contribution in [0.4, 0.5) is 10.7 Å². The molecule has 1 fully saturated rings. The molecular weight excluding hydrogens is 364 g/mol. The van der Waals surface area contributed by atoms with Crippen LogP contribution in [0.25, 0.3) is 0 Å². The number of amides is 2. The van der Waals surface area contributed by atoms with Crippen molar-refractivity contribution in [3.63, 3.8) is 0 Å². The van der Waals surface area contributed by atoms with Crippen LogP contribution in [-0.4, -0.2) is 65.2 Å². The molecule has 0 unspecified atom stereocenters. The molecule has 146 valence electrons. The minimum Gasteiger partial charge on any atom is -0.478 e. The normalized spacial score (nSPS) is 14.3. The first-order chi connectivity index (χ1) is 13.0. The summed E-state index contributed by atoms with van der Waals surface area (Å²) < 4.78 is 5.50. The fraction of sp³-hybridized carbons (Fsp3) is 0.556. The summed E-state index contributed by atoms with van der Waals surface area (Å²) in [5, 5.41) is 4.04. The Hall–Kier alpha value is -2.42. The van der Waals surface area contributed by atoms with Gasteiger partial charge in [-0.05, 0) is 20.8 Å². The summed E-state index contributed by atoms with van der Waals surface area (Å²) in [6.45, 7) is 9.77. The molecule has 0 radical (unpaired) electrons. The van der Waals surface area contributed by atoms with E-state index in [1.54, 1.807) is 11.3 Å². The van der Waals surface area contributed by atoms with Crippen LogP contribution in [0.1, 0.15) is 22.5 Å². The Morgan fingerprint density at radius 1 is 1.26 bits per heavy atom. The van der Waals surface area contributed by atoms with E-state index in [0.717, 1.165) is 17.1 Å². The van der Waals surface area contributed by atoms with Crippen LogP contribution in [0.15, 0.2) is 12.3 Å². The number of aryl methyl sites for hydroxylation is 2. The van der Waals surface area contributed by atoms with Gasteiger partial charge in [-0.25, -0.2) is 14.8 Å². The third-order valence-electron chi connectivity index (χ3n) is 4.25. The molecule has 2 amide bonds. The van der Waals surface area contributed by atoms with Crippen molar-refractivity contribution in [1.82, 2.24) is 25.2 Å². The van der Waals surface area contributed by atoms with Crippen LogP contribution in [0.2, 0.25) is 0 Å². The maximum Gasteiger partial charge on any atom is 0.317 e. The van der Waals surface area contributed by atoms with E-state index in [9.17, 15) is 4.79 Å². The monoisotopic (exact) mass is 390 g/mol. The number of rotatable bonds is 6. The maximum atomic E-state index is 12.4. The fourth-order valence-corrected chi connectivity index (χ4v) is 3.69. The zero-order valence-corrected chi connectivity index (χ0v) is 16.9. The van der Waals surface area contributed by atoms with E-state index in [0.29, 0.717) is 51.2 Å². The lowest BCUT2D eigenvalue weighted by atomic mass is 10.3. The third kappa shape index (κ3) is 5.29.